The van der Waals surface area contributed by atoms with E-state index in [9.17, 15) is 39.6 Å². The number of aromatic nitrogens is 4. The number of likely N-dealkylation sites (tertiary alicyclic amines) is 2. The summed E-state index contributed by atoms with van der Waals surface area (Å²) >= 11 is 5.52. The Hall–Kier alpha value is -8.90. The molecule has 4 aromatic heterocycles. The molecule has 2 fully saturated rings. The van der Waals surface area contributed by atoms with Gasteiger partial charge in [-0.05, 0) is 222 Å². The topological polar surface area (TPSA) is 259 Å². The third-order valence-corrected chi connectivity index (χ3v) is 20.0. The molecule has 2 aliphatic heterocycles. The molecule has 5 aromatic carbocycles. The molecule has 23 heteroatoms. The van der Waals surface area contributed by atoms with Gasteiger partial charge in [0.05, 0.1) is 22.0 Å². The predicted octanol–water partition coefficient (Wildman–Crippen LogP) is 16.7. The number of carbonyl (C=O) groups is 4. The summed E-state index contributed by atoms with van der Waals surface area (Å²) in [5.74, 6) is 1.36. The Morgan fingerprint density at radius 1 is 0.436 bits per heavy atom. The molecule has 0 bridgehead atoms. The van der Waals surface area contributed by atoms with Gasteiger partial charge in [0.15, 0.2) is 20.5 Å². The number of aromatic hydroxyl groups is 4. The molecular weight excluding hydrogens is 1260 g/mol. The summed E-state index contributed by atoms with van der Waals surface area (Å²) in [7, 11) is 0. The smallest absolute Gasteiger partial charge is 0.273 e. The average Bonchev–Trinajstić information content (AvgIpc) is 1.67. The lowest BCUT2D eigenvalue weighted by molar-refractivity contribution is 0.0715. The normalized spacial score (nSPS) is 12.7. The van der Waals surface area contributed by atoms with Crippen LogP contribution in [0.1, 0.15) is 159 Å². The molecule has 19 nitrogen and oxygen atoms in total. The molecule has 9 aromatic rings. The predicted molar refractivity (Wildman–Crippen MR) is 383 cm³/mol. The Balaban J connectivity index is 0.000000161. The third kappa shape index (κ3) is 18.1. The van der Waals surface area contributed by atoms with E-state index in [4.69, 9.17) is 0 Å². The zero-order chi connectivity index (χ0) is 68.1. The van der Waals surface area contributed by atoms with Gasteiger partial charge in [0.1, 0.15) is 38.4 Å². The van der Waals surface area contributed by atoms with Gasteiger partial charge in [0.25, 0.3) is 17.7 Å². The number of thiazole rings is 4. The quantitative estimate of drug-likeness (QED) is 0.0351. The van der Waals surface area contributed by atoms with Crippen molar-refractivity contribution in [2.45, 2.75) is 129 Å². The molecule has 0 aliphatic carbocycles. The molecule has 6 heterocycles. The summed E-state index contributed by atoms with van der Waals surface area (Å²) in [6.45, 7) is 29.1. The summed E-state index contributed by atoms with van der Waals surface area (Å²) in [5, 5.41) is 56.9. The SMILES string of the molecule is CCN(CC)C(=O)c1sc(Nc2cc(C)c(O)c(C)c2)nc1C.Cc1cc(Nc2nc(C(=O)N3CCCCC3)cs2)cc(C)c1O.Cc1cc(Nc2nc(C)c(C(=O)N3CCCCC3)s2)cc(C)c1O.Cc1cc(Nc2nc(C)c(C(=O)c3ccccc3)s2)cc(C)c1O. The molecule has 3 amide bonds. The molecule has 8 N–H and O–H groups in total. The zero-order valence-electron chi connectivity index (χ0n) is 55.8. The summed E-state index contributed by atoms with van der Waals surface area (Å²) < 4.78 is 0. The number of aryl methyl sites for hydroxylation is 11. The molecule has 0 radical (unpaired) electrons. The van der Waals surface area contributed by atoms with Crippen molar-refractivity contribution < 1.29 is 39.6 Å². The van der Waals surface area contributed by atoms with Crippen molar-refractivity contribution in [2.24, 2.45) is 0 Å². The first-order valence-corrected chi connectivity index (χ1v) is 34.8. The summed E-state index contributed by atoms with van der Waals surface area (Å²) in [5.41, 5.74) is 13.3. The van der Waals surface area contributed by atoms with E-state index in [1.54, 1.807) is 22.4 Å². The maximum Gasteiger partial charge on any atom is 0.273 e. The van der Waals surface area contributed by atoms with Gasteiger partial charge >= 0.3 is 0 Å². The molecular formula is C71H85N11O8S4. The van der Waals surface area contributed by atoms with Crippen molar-refractivity contribution >= 4 is 112 Å². The lowest BCUT2D eigenvalue weighted by atomic mass is 10.1. The highest BCUT2D eigenvalue weighted by Crippen LogP contribution is 2.36. The van der Waals surface area contributed by atoms with E-state index in [1.165, 1.54) is 58.2 Å². The number of nitrogens with one attached hydrogen (secondary N) is 4. The number of carbonyl (C=O) groups excluding carboxylic acids is 4. The van der Waals surface area contributed by atoms with E-state index in [2.05, 4.69) is 41.2 Å². The van der Waals surface area contributed by atoms with Crippen molar-refractivity contribution in [3.8, 4) is 23.0 Å². The minimum atomic E-state index is -0.0169. The van der Waals surface area contributed by atoms with Crippen LogP contribution in [0.3, 0.4) is 0 Å². The number of benzene rings is 5. The first kappa shape index (κ1) is 71.0. The standard InChI is InChI=1S/C19H18N2O2S.C18H23N3O2S.C17H21N3O2S.C17H23N3O2S/c1-11-9-15(10-12(2)16(11)22)21-19-20-13(3)18(24-19)17(23)14-7-5-4-6-8-14;1-11-9-14(10-12(2)15(11)22)20-18-19-13(3)16(24-18)17(23)21-7-5-4-6-8-21;1-11-8-13(9-12(2)15(11)21)18-17-19-14(10-23-17)16(22)20-6-4-3-5-7-20;1-6-20(7-2)16(22)15-12(5)18-17(23-15)19-13-8-10(3)14(21)11(4)9-13/h4-10,22H,1-3H3,(H,20,21);9-10,22H,4-8H2,1-3H3,(H,19,20);8-10,21H,3-7H2,1-2H3,(H,18,19);8-9,21H,6-7H2,1-5H3,(H,18,19). The van der Waals surface area contributed by atoms with E-state index < -0.39 is 0 Å². The Morgan fingerprint density at radius 2 is 0.766 bits per heavy atom. The fourth-order valence-corrected chi connectivity index (χ4v) is 14.4. The van der Waals surface area contributed by atoms with E-state index in [1.807, 2.05) is 167 Å². The first-order chi connectivity index (χ1) is 44.8. The molecule has 0 unspecified atom stereocenters. The van der Waals surface area contributed by atoms with Gasteiger partial charge < -0.3 is 56.4 Å². The van der Waals surface area contributed by atoms with Crippen LogP contribution in [0.25, 0.3) is 0 Å². The number of rotatable bonds is 15. The molecule has 496 valence electrons. The van der Waals surface area contributed by atoms with Crippen LogP contribution in [-0.4, -0.2) is 118 Å². The van der Waals surface area contributed by atoms with Crippen molar-refractivity contribution in [1.82, 2.24) is 34.6 Å². The number of nitrogens with zero attached hydrogens (tertiary/aromatic N) is 7. The fourth-order valence-electron chi connectivity index (χ4n) is 10.9. The Labute approximate surface area is 566 Å². The number of phenols is 4. The van der Waals surface area contributed by atoms with Crippen LogP contribution in [0, 0.1) is 76.2 Å². The maximum absolute atomic E-state index is 12.7. The fraction of sp³-hybridized carbons (Fsp3) is 0.352. The van der Waals surface area contributed by atoms with Crippen LogP contribution in [0.4, 0.5) is 43.3 Å². The number of phenolic OH excluding ortho intramolecular Hbond substituents is 4. The van der Waals surface area contributed by atoms with Gasteiger partial charge in [-0.15, -0.1) is 11.3 Å². The second-order valence-electron chi connectivity index (χ2n) is 23.6. The van der Waals surface area contributed by atoms with Crippen LogP contribution in [0.2, 0.25) is 0 Å². The van der Waals surface area contributed by atoms with Crippen LogP contribution >= 0.6 is 45.3 Å². The lowest BCUT2D eigenvalue weighted by Gasteiger charge is -2.26. The van der Waals surface area contributed by atoms with Crippen molar-refractivity contribution in [3.05, 3.63) is 172 Å². The molecule has 11 rings (SSSR count). The number of amides is 3. The Bertz CT molecular complexity index is 4070. The zero-order valence-corrected chi connectivity index (χ0v) is 59.0. The minimum absolute atomic E-state index is 0.0169. The minimum Gasteiger partial charge on any atom is -0.507 e. The molecule has 0 atom stereocenters. The van der Waals surface area contributed by atoms with Gasteiger partial charge in [-0.3, -0.25) is 19.2 Å². The highest BCUT2D eigenvalue weighted by atomic mass is 32.1. The number of piperidine rings is 2. The van der Waals surface area contributed by atoms with Crippen LogP contribution in [0.15, 0.2) is 84.2 Å². The highest BCUT2D eigenvalue weighted by Gasteiger charge is 2.25. The molecule has 0 spiro atoms. The number of hydrogen-bond donors (Lipinski definition) is 8. The second kappa shape index (κ2) is 32.3. The molecule has 0 saturated carbocycles. The Morgan fingerprint density at radius 3 is 1.15 bits per heavy atom. The summed E-state index contributed by atoms with van der Waals surface area (Å²) in [6.07, 6.45) is 6.73. The van der Waals surface area contributed by atoms with E-state index >= 15 is 0 Å². The first-order valence-electron chi connectivity index (χ1n) is 31.5. The molecule has 2 saturated heterocycles. The van der Waals surface area contributed by atoms with Crippen molar-refractivity contribution in [2.75, 3.05) is 60.5 Å². The molecule has 94 heavy (non-hydrogen) atoms. The molecule has 2 aliphatic rings. The lowest BCUT2D eigenvalue weighted by Crippen LogP contribution is -2.35. The van der Waals surface area contributed by atoms with Crippen molar-refractivity contribution in [1.29, 1.82) is 0 Å². The van der Waals surface area contributed by atoms with E-state index in [0.717, 1.165) is 131 Å². The number of ketones is 1. The number of anilines is 8. The number of hydrogen-bond acceptors (Lipinski definition) is 20. The Kier molecular flexibility index (Phi) is 24.4. The summed E-state index contributed by atoms with van der Waals surface area (Å²) in [6, 6.07) is 24.2. The monoisotopic (exact) mass is 1350 g/mol. The average molecular weight is 1350 g/mol. The highest BCUT2D eigenvalue weighted by molar-refractivity contribution is 7.18. The largest absolute Gasteiger partial charge is 0.507 e. The second-order valence-corrected chi connectivity index (χ2v) is 27.4. The van der Waals surface area contributed by atoms with E-state index in [-0.39, 0.29) is 23.5 Å². The maximum atomic E-state index is 12.7. The van der Waals surface area contributed by atoms with Crippen LogP contribution in [-0.2, 0) is 0 Å². The van der Waals surface area contributed by atoms with Crippen LogP contribution in [0.5, 0.6) is 23.0 Å². The van der Waals surface area contributed by atoms with Crippen LogP contribution < -0.4 is 21.3 Å². The van der Waals surface area contributed by atoms with E-state index in [0.29, 0.717) is 88.2 Å². The van der Waals surface area contributed by atoms with Gasteiger partial charge in [0.2, 0.25) is 5.78 Å². The van der Waals surface area contributed by atoms with Crippen molar-refractivity contribution in [3.63, 3.8) is 0 Å². The summed E-state index contributed by atoms with van der Waals surface area (Å²) in [4.78, 5) is 75.6. The van der Waals surface area contributed by atoms with Gasteiger partial charge in [-0.1, -0.05) is 64.3 Å². The van der Waals surface area contributed by atoms with Gasteiger partial charge in [-0.2, -0.15) is 0 Å². The van der Waals surface area contributed by atoms with Gasteiger partial charge in [-0.25, -0.2) is 19.9 Å². The van der Waals surface area contributed by atoms with Gasteiger partial charge in [0, 0.05) is 73.0 Å². The third-order valence-electron chi connectivity index (χ3n) is 16.1.